The van der Waals surface area contributed by atoms with E-state index in [9.17, 15) is 9.59 Å². The first-order chi connectivity index (χ1) is 11.6. The number of furan rings is 1. The molecule has 1 aliphatic rings. The van der Waals surface area contributed by atoms with E-state index in [0.29, 0.717) is 21.3 Å². The maximum Gasteiger partial charge on any atom is 0.290 e. The molecule has 0 radical (unpaired) electrons. The molecule has 2 aromatic heterocycles. The Morgan fingerprint density at radius 3 is 2.67 bits per heavy atom. The fourth-order valence-electron chi connectivity index (χ4n) is 2.44. The van der Waals surface area contributed by atoms with Gasteiger partial charge in [0.15, 0.2) is 0 Å². The van der Waals surface area contributed by atoms with Crippen molar-refractivity contribution in [1.82, 2.24) is 10.3 Å². The van der Waals surface area contributed by atoms with Crippen LogP contribution in [0.1, 0.15) is 5.76 Å². The molecular formula is C17H9ClN2O3S. The molecular weight excluding hydrogens is 348 g/mol. The molecule has 1 N–H and O–H groups in total. The highest BCUT2D eigenvalue weighted by Crippen LogP contribution is 2.33. The smallest absolute Gasteiger partial charge is 0.290 e. The molecule has 0 spiro atoms. The number of nitrogens with one attached hydrogen (secondary N) is 1. The van der Waals surface area contributed by atoms with Crippen molar-refractivity contribution in [3.63, 3.8) is 0 Å². The van der Waals surface area contributed by atoms with Gasteiger partial charge in [-0.1, -0.05) is 23.7 Å². The van der Waals surface area contributed by atoms with Crippen molar-refractivity contribution in [1.29, 1.82) is 0 Å². The van der Waals surface area contributed by atoms with Crippen molar-refractivity contribution in [3.8, 4) is 11.1 Å². The van der Waals surface area contributed by atoms with E-state index in [1.807, 2.05) is 12.1 Å². The number of thioether (sulfide) groups is 1. The molecule has 0 aliphatic carbocycles. The van der Waals surface area contributed by atoms with Crippen LogP contribution in [0.2, 0.25) is 5.02 Å². The summed E-state index contributed by atoms with van der Waals surface area (Å²) in [6.07, 6.45) is 4.95. The summed E-state index contributed by atoms with van der Waals surface area (Å²) in [6, 6.07) is 9.15. The highest BCUT2D eigenvalue weighted by molar-refractivity contribution is 8.18. The SMILES string of the molecule is O=C1NC(=O)/C(=C/c2cc3cncc(-c4ccc(Cl)cc4)c3o2)S1. The van der Waals surface area contributed by atoms with Gasteiger partial charge in [0.1, 0.15) is 11.3 Å². The Kier molecular flexibility index (Phi) is 3.63. The number of nitrogens with zero attached hydrogens (tertiary/aromatic N) is 1. The first-order valence-electron chi connectivity index (χ1n) is 6.98. The lowest BCUT2D eigenvalue weighted by Crippen LogP contribution is -2.17. The number of pyridine rings is 1. The number of imide groups is 1. The number of hydrogen-bond donors (Lipinski definition) is 1. The minimum atomic E-state index is -0.415. The van der Waals surface area contributed by atoms with Crippen molar-refractivity contribution >= 4 is 51.6 Å². The summed E-state index contributed by atoms with van der Waals surface area (Å²) in [6.45, 7) is 0. The number of carbonyl (C=O) groups is 2. The molecule has 1 aliphatic heterocycles. The highest BCUT2D eigenvalue weighted by Gasteiger charge is 2.25. The summed E-state index contributed by atoms with van der Waals surface area (Å²) in [5, 5.41) is 3.29. The van der Waals surface area contributed by atoms with Crippen molar-refractivity contribution < 1.29 is 14.0 Å². The zero-order valence-corrected chi connectivity index (χ0v) is 13.6. The highest BCUT2D eigenvalue weighted by atomic mass is 35.5. The average Bonchev–Trinajstić information content (AvgIpc) is 3.10. The molecule has 1 fully saturated rings. The Balaban J connectivity index is 1.80. The Hall–Kier alpha value is -2.57. The standard InChI is InChI=1S/C17H9ClN2O3S/c18-11-3-1-9(2-4-11)13-8-19-7-10-5-12(23-15(10)13)6-14-16(21)20-17(22)24-14/h1-8H,(H,20,21,22)/b14-6-. The predicted molar refractivity (Wildman–Crippen MR) is 93.6 cm³/mol. The quantitative estimate of drug-likeness (QED) is 0.686. The summed E-state index contributed by atoms with van der Waals surface area (Å²) in [7, 11) is 0. The van der Waals surface area contributed by atoms with E-state index in [0.717, 1.165) is 28.3 Å². The minimum Gasteiger partial charge on any atom is -0.456 e. The van der Waals surface area contributed by atoms with Gasteiger partial charge in [-0.2, -0.15) is 0 Å². The lowest BCUT2D eigenvalue weighted by Gasteiger charge is -2.02. The molecule has 1 aromatic carbocycles. The second-order valence-corrected chi connectivity index (χ2v) is 6.56. The second-order valence-electron chi connectivity index (χ2n) is 5.11. The molecule has 0 atom stereocenters. The summed E-state index contributed by atoms with van der Waals surface area (Å²) < 4.78 is 5.88. The van der Waals surface area contributed by atoms with Crippen LogP contribution in [0, 0.1) is 0 Å². The van der Waals surface area contributed by atoms with Gasteiger partial charge < -0.3 is 4.42 Å². The van der Waals surface area contributed by atoms with E-state index in [1.54, 1.807) is 36.7 Å². The maximum atomic E-state index is 11.6. The Labute approximate surface area is 145 Å². The fourth-order valence-corrected chi connectivity index (χ4v) is 3.23. The van der Waals surface area contributed by atoms with Gasteiger partial charge in [-0.05, 0) is 35.5 Å². The Morgan fingerprint density at radius 1 is 1.17 bits per heavy atom. The summed E-state index contributed by atoms with van der Waals surface area (Å²) >= 11 is 6.78. The van der Waals surface area contributed by atoms with Crippen LogP contribution in [0.15, 0.2) is 52.0 Å². The van der Waals surface area contributed by atoms with Gasteiger partial charge in [0.05, 0.1) is 4.91 Å². The van der Waals surface area contributed by atoms with Crippen LogP contribution < -0.4 is 5.32 Å². The van der Waals surface area contributed by atoms with Crippen molar-refractivity contribution in [3.05, 3.63) is 58.4 Å². The van der Waals surface area contributed by atoms with Gasteiger partial charge in [0.2, 0.25) is 0 Å². The predicted octanol–water partition coefficient (Wildman–Crippen LogP) is 4.47. The minimum absolute atomic E-state index is 0.306. The van der Waals surface area contributed by atoms with Gasteiger partial charge >= 0.3 is 0 Å². The van der Waals surface area contributed by atoms with Gasteiger partial charge in [-0.25, -0.2) is 0 Å². The van der Waals surface area contributed by atoms with Gasteiger partial charge in [0.25, 0.3) is 11.1 Å². The normalized spacial score (nSPS) is 16.1. The van der Waals surface area contributed by atoms with Gasteiger partial charge in [-0.3, -0.25) is 19.9 Å². The lowest BCUT2D eigenvalue weighted by molar-refractivity contribution is -0.115. The summed E-state index contributed by atoms with van der Waals surface area (Å²) in [5.74, 6) is 0.0714. The molecule has 4 rings (SSSR count). The van der Waals surface area contributed by atoms with E-state index in [-0.39, 0.29) is 5.24 Å². The molecule has 0 saturated carbocycles. The van der Waals surface area contributed by atoms with Crippen molar-refractivity contribution in [2.24, 2.45) is 0 Å². The maximum absolute atomic E-state index is 11.6. The number of halogens is 1. The number of aromatic nitrogens is 1. The van der Waals surface area contributed by atoms with Crippen LogP contribution in [0.25, 0.3) is 28.2 Å². The molecule has 0 bridgehead atoms. The number of carbonyl (C=O) groups excluding carboxylic acids is 2. The second kappa shape index (κ2) is 5.81. The number of rotatable bonds is 2. The van der Waals surface area contributed by atoms with Gasteiger partial charge in [0, 0.05) is 34.4 Å². The summed E-state index contributed by atoms with van der Waals surface area (Å²) in [5.41, 5.74) is 2.41. The lowest BCUT2D eigenvalue weighted by atomic mass is 10.1. The monoisotopic (exact) mass is 356 g/mol. The zero-order chi connectivity index (χ0) is 16.7. The number of benzene rings is 1. The molecule has 3 heterocycles. The van der Waals surface area contributed by atoms with Gasteiger partial charge in [-0.15, -0.1) is 0 Å². The van der Waals surface area contributed by atoms with Crippen LogP contribution in [0.4, 0.5) is 4.79 Å². The van der Waals surface area contributed by atoms with E-state index in [2.05, 4.69) is 10.3 Å². The third-order valence-electron chi connectivity index (χ3n) is 3.51. The third kappa shape index (κ3) is 2.70. The van der Waals surface area contributed by atoms with Crippen LogP contribution in [0.3, 0.4) is 0 Å². The fraction of sp³-hybridized carbons (Fsp3) is 0. The molecule has 7 heteroatoms. The topological polar surface area (TPSA) is 72.2 Å². The average molecular weight is 357 g/mol. The van der Waals surface area contributed by atoms with Crippen LogP contribution in [-0.2, 0) is 4.79 Å². The molecule has 24 heavy (non-hydrogen) atoms. The van der Waals surface area contributed by atoms with Crippen LogP contribution in [0.5, 0.6) is 0 Å². The molecule has 118 valence electrons. The third-order valence-corrected chi connectivity index (χ3v) is 4.57. The number of fused-ring (bicyclic) bond motifs is 1. The Bertz CT molecular complexity index is 1010. The van der Waals surface area contributed by atoms with Crippen molar-refractivity contribution in [2.75, 3.05) is 0 Å². The van der Waals surface area contributed by atoms with E-state index in [4.69, 9.17) is 16.0 Å². The first-order valence-corrected chi connectivity index (χ1v) is 8.18. The van der Waals surface area contributed by atoms with E-state index >= 15 is 0 Å². The van der Waals surface area contributed by atoms with E-state index < -0.39 is 5.91 Å². The van der Waals surface area contributed by atoms with Crippen molar-refractivity contribution in [2.45, 2.75) is 0 Å². The van der Waals surface area contributed by atoms with E-state index in [1.165, 1.54) is 0 Å². The van der Waals surface area contributed by atoms with Crippen LogP contribution in [-0.4, -0.2) is 16.1 Å². The largest absolute Gasteiger partial charge is 0.456 e. The first kappa shape index (κ1) is 15.0. The molecule has 1 saturated heterocycles. The molecule has 0 unspecified atom stereocenters. The molecule has 5 nitrogen and oxygen atoms in total. The van der Waals surface area contributed by atoms with Crippen LogP contribution >= 0.6 is 23.4 Å². The molecule has 2 amide bonds. The number of amides is 2. The summed E-state index contributed by atoms with van der Waals surface area (Å²) in [4.78, 5) is 27.4. The Morgan fingerprint density at radius 2 is 1.96 bits per heavy atom. The zero-order valence-electron chi connectivity index (χ0n) is 12.1. The number of hydrogen-bond acceptors (Lipinski definition) is 5. The molecule has 3 aromatic rings.